The minimum Gasteiger partial charge on any atom is -0.484 e. The maximum Gasteiger partial charge on any atom is 0.255 e. The first-order valence-electron chi connectivity index (χ1n) is 8.49. The Morgan fingerprint density at radius 2 is 1.83 bits per heavy atom. The van der Waals surface area contributed by atoms with Gasteiger partial charge in [0, 0.05) is 6.04 Å². The highest BCUT2D eigenvalue weighted by atomic mass is 16.5. The second-order valence-corrected chi connectivity index (χ2v) is 6.32. The lowest BCUT2D eigenvalue weighted by atomic mass is 10.0. The fraction of sp³-hybridized carbons (Fsp3) is 0.350. The van der Waals surface area contributed by atoms with Gasteiger partial charge in [0.05, 0.1) is 0 Å². The zero-order valence-electron chi connectivity index (χ0n) is 14.1. The molecule has 0 saturated carbocycles. The van der Waals surface area contributed by atoms with Crippen molar-refractivity contribution < 1.29 is 9.53 Å². The fourth-order valence-corrected chi connectivity index (χ4v) is 3.21. The van der Waals surface area contributed by atoms with Crippen molar-refractivity contribution in [3.05, 3.63) is 54.1 Å². The Balaban J connectivity index is 1.73. The van der Waals surface area contributed by atoms with Crippen LogP contribution in [0.4, 0.5) is 0 Å². The van der Waals surface area contributed by atoms with Gasteiger partial charge in [-0.2, -0.15) is 0 Å². The molecule has 0 bridgehead atoms. The van der Waals surface area contributed by atoms with Gasteiger partial charge in [-0.15, -0.1) is 0 Å². The minimum atomic E-state index is -0.472. The molecular formula is C20H24N2O2. The zero-order valence-corrected chi connectivity index (χ0v) is 14.1. The van der Waals surface area contributed by atoms with Crippen LogP contribution in [0.2, 0.25) is 0 Å². The van der Waals surface area contributed by atoms with Gasteiger partial charge < -0.3 is 10.5 Å². The average molecular weight is 324 g/mol. The van der Waals surface area contributed by atoms with Crippen LogP contribution in [0.15, 0.2) is 48.5 Å². The number of ether oxygens (including phenoxy) is 1. The summed E-state index contributed by atoms with van der Waals surface area (Å²) >= 11 is 0. The first-order valence-corrected chi connectivity index (χ1v) is 8.49. The van der Waals surface area contributed by atoms with Gasteiger partial charge >= 0.3 is 0 Å². The normalized spacial score (nSPS) is 16.0. The van der Waals surface area contributed by atoms with Gasteiger partial charge in [0.15, 0.2) is 6.61 Å². The molecule has 4 heteroatoms. The largest absolute Gasteiger partial charge is 0.484 e. The lowest BCUT2D eigenvalue weighted by Crippen LogP contribution is -2.23. The van der Waals surface area contributed by atoms with Crippen LogP contribution >= 0.6 is 0 Å². The highest BCUT2D eigenvalue weighted by Gasteiger charge is 2.19. The number of nitrogens with two attached hydrogens (primary N) is 1. The van der Waals surface area contributed by atoms with Gasteiger partial charge in [-0.25, -0.2) is 0 Å². The van der Waals surface area contributed by atoms with E-state index in [1.54, 1.807) is 0 Å². The van der Waals surface area contributed by atoms with E-state index in [-0.39, 0.29) is 6.61 Å². The van der Waals surface area contributed by atoms with Crippen LogP contribution in [0.3, 0.4) is 0 Å². The molecule has 3 rings (SSSR count). The minimum absolute atomic E-state index is 0.101. The molecular weight excluding hydrogens is 300 g/mol. The Morgan fingerprint density at radius 1 is 1.12 bits per heavy atom. The van der Waals surface area contributed by atoms with Gasteiger partial charge in [0.25, 0.3) is 5.91 Å². The van der Waals surface area contributed by atoms with E-state index in [0.717, 1.165) is 11.1 Å². The summed E-state index contributed by atoms with van der Waals surface area (Å²) in [6.07, 6.45) is 2.61. The van der Waals surface area contributed by atoms with E-state index in [2.05, 4.69) is 36.1 Å². The molecule has 2 N–H and O–H groups in total. The van der Waals surface area contributed by atoms with Crippen molar-refractivity contribution in [3.8, 4) is 16.9 Å². The van der Waals surface area contributed by atoms with Crippen molar-refractivity contribution in [1.82, 2.24) is 4.90 Å². The second kappa shape index (κ2) is 7.49. The number of carbonyl (C=O) groups is 1. The van der Waals surface area contributed by atoms with Gasteiger partial charge in [-0.05, 0) is 61.7 Å². The summed E-state index contributed by atoms with van der Waals surface area (Å²) in [7, 11) is 0. The molecule has 2 aromatic rings. The van der Waals surface area contributed by atoms with E-state index >= 15 is 0 Å². The number of hydrogen-bond donors (Lipinski definition) is 1. The number of amides is 1. The Hall–Kier alpha value is -2.33. The van der Waals surface area contributed by atoms with Crippen molar-refractivity contribution in [2.24, 2.45) is 5.73 Å². The predicted molar refractivity (Wildman–Crippen MR) is 95.8 cm³/mol. The Bertz CT molecular complexity index is 691. The van der Waals surface area contributed by atoms with Gasteiger partial charge in [0.1, 0.15) is 5.75 Å². The van der Waals surface area contributed by atoms with E-state index in [9.17, 15) is 4.79 Å². The molecule has 1 saturated heterocycles. The van der Waals surface area contributed by atoms with Crippen molar-refractivity contribution in [1.29, 1.82) is 0 Å². The maximum absolute atomic E-state index is 10.8. The van der Waals surface area contributed by atoms with Crippen LogP contribution in [0.5, 0.6) is 5.75 Å². The Morgan fingerprint density at radius 3 is 2.50 bits per heavy atom. The summed E-state index contributed by atoms with van der Waals surface area (Å²) in [6.45, 7) is 4.57. The molecule has 2 aromatic carbocycles. The molecule has 1 fully saturated rings. The molecule has 1 heterocycles. The van der Waals surface area contributed by atoms with E-state index in [1.807, 2.05) is 24.3 Å². The van der Waals surface area contributed by atoms with Crippen LogP contribution in [-0.4, -0.2) is 30.5 Å². The first kappa shape index (κ1) is 16.5. The van der Waals surface area contributed by atoms with E-state index in [4.69, 9.17) is 10.5 Å². The Labute approximate surface area is 143 Å². The molecule has 0 aromatic heterocycles. The highest BCUT2D eigenvalue weighted by Crippen LogP contribution is 2.28. The maximum atomic E-state index is 10.8. The lowest BCUT2D eigenvalue weighted by Gasteiger charge is -2.24. The van der Waals surface area contributed by atoms with Crippen LogP contribution < -0.4 is 10.5 Å². The summed E-state index contributed by atoms with van der Waals surface area (Å²) in [5.74, 6) is 0.182. The van der Waals surface area contributed by atoms with Gasteiger partial charge in [-0.3, -0.25) is 9.69 Å². The number of primary amides is 1. The first-order chi connectivity index (χ1) is 11.6. The third-order valence-electron chi connectivity index (χ3n) is 4.63. The third kappa shape index (κ3) is 3.95. The van der Waals surface area contributed by atoms with E-state index < -0.39 is 5.91 Å². The SMILES string of the molecule is CC(c1ccc(-c2cccc(OCC(N)=O)c2)cc1)N1CCCC1. The van der Waals surface area contributed by atoms with Crippen molar-refractivity contribution in [2.75, 3.05) is 19.7 Å². The molecule has 1 unspecified atom stereocenters. The van der Waals surface area contributed by atoms with Crippen LogP contribution in [0.1, 0.15) is 31.4 Å². The summed E-state index contributed by atoms with van der Waals surface area (Å²) < 4.78 is 5.38. The lowest BCUT2D eigenvalue weighted by molar-refractivity contribution is -0.119. The van der Waals surface area contributed by atoms with Crippen LogP contribution in [0.25, 0.3) is 11.1 Å². The fourth-order valence-electron chi connectivity index (χ4n) is 3.21. The van der Waals surface area contributed by atoms with E-state index in [0.29, 0.717) is 11.8 Å². The number of benzene rings is 2. The topological polar surface area (TPSA) is 55.6 Å². The smallest absolute Gasteiger partial charge is 0.255 e. The average Bonchev–Trinajstić information content (AvgIpc) is 3.14. The van der Waals surface area contributed by atoms with Crippen molar-refractivity contribution >= 4 is 5.91 Å². The zero-order chi connectivity index (χ0) is 16.9. The molecule has 1 atom stereocenters. The number of likely N-dealkylation sites (tertiary alicyclic amines) is 1. The highest BCUT2D eigenvalue weighted by molar-refractivity contribution is 5.75. The van der Waals surface area contributed by atoms with E-state index in [1.165, 1.54) is 31.5 Å². The molecule has 1 aliphatic heterocycles. The number of carbonyl (C=O) groups excluding carboxylic acids is 1. The third-order valence-corrected chi connectivity index (χ3v) is 4.63. The van der Waals surface area contributed by atoms with Crippen LogP contribution in [0, 0.1) is 0 Å². The molecule has 0 spiro atoms. The molecule has 1 amide bonds. The standard InChI is InChI=1S/C20H24N2O2/c1-15(22-11-2-3-12-22)16-7-9-17(10-8-16)18-5-4-6-19(13-18)24-14-20(21)23/h4-10,13,15H,2-3,11-12,14H2,1H3,(H2,21,23). The number of rotatable bonds is 6. The molecule has 0 radical (unpaired) electrons. The summed E-state index contributed by atoms with van der Waals surface area (Å²) in [5, 5.41) is 0. The molecule has 24 heavy (non-hydrogen) atoms. The second-order valence-electron chi connectivity index (χ2n) is 6.32. The number of nitrogens with zero attached hydrogens (tertiary/aromatic N) is 1. The molecule has 4 nitrogen and oxygen atoms in total. The summed E-state index contributed by atoms with van der Waals surface area (Å²) in [5.41, 5.74) is 8.67. The van der Waals surface area contributed by atoms with Crippen LogP contribution in [-0.2, 0) is 4.79 Å². The van der Waals surface area contributed by atoms with Crippen molar-refractivity contribution in [3.63, 3.8) is 0 Å². The summed E-state index contributed by atoms with van der Waals surface area (Å²) in [4.78, 5) is 13.4. The molecule has 126 valence electrons. The number of hydrogen-bond acceptors (Lipinski definition) is 3. The molecule has 1 aliphatic rings. The monoisotopic (exact) mass is 324 g/mol. The molecule has 0 aliphatic carbocycles. The predicted octanol–water partition coefficient (Wildman–Crippen LogP) is 3.37. The van der Waals surface area contributed by atoms with Crippen molar-refractivity contribution in [2.45, 2.75) is 25.8 Å². The van der Waals surface area contributed by atoms with Gasteiger partial charge in [-0.1, -0.05) is 36.4 Å². The Kier molecular flexibility index (Phi) is 5.16. The summed E-state index contributed by atoms with van der Waals surface area (Å²) in [6, 6.07) is 16.9. The quantitative estimate of drug-likeness (QED) is 0.886. The van der Waals surface area contributed by atoms with Gasteiger partial charge in [0.2, 0.25) is 0 Å².